The summed E-state index contributed by atoms with van der Waals surface area (Å²) in [6.45, 7) is 3.99. The van der Waals surface area contributed by atoms with Gasteiger partial charge in [-0.25, -0.2) is 0 Å². The largest absolute Gasteiger partial charge is 0.368 e. The summed E-state index contributed by atoms with van der Waals surface area (Å²) in [7, 11) is 1.71. The molecular formula is C19H25ClIN5OS. The Kier molecular flexibility index (Phi) is 9.33. The van der Waals surface area contributed by atoms with E-state index in [0.29, 0.717) is 25.6 Å². The van der Waals surface area contributed by atoms with Gasteiger partial charge in [-0.1, -0.05) is 11.6 Å². The van der Waals surface area contributed by atoms with Crippen molar-refractivity contribution in [3.05, 3.63) is 51.7 Å². The molecule has 0 aliphatic carbocycles. The minimum atomic E-state index is 0. The second-order valence-electron chi connectivity index (χ2n) is 6.26. The number of amides is 1. The SMILES string of the molecule is CN=C(NCC(=O)N1CCN(c2ccc(Cl)cc2)CC1)NCc1ccsc1.I. The van der Waals surface area contributed by atoms with E-state index in [1.165, 1.54) is 5.56 Å². The lowest BCUT2D eigenvalue weighted by Gasteiger charge is -2.36. The third-order valence-corrected chi connectivity index (χ3v) is 5.48. The molecule has 2 N–H and O–H groups in total. The van der Waals surface area contributed by atoms with Crippen LogP contribution in [0.4, 0.5) is 5.69 Å². The van der Waals surface area contributed by atoms with Gasteiger partial charge in [0.1, 0.15) is 0 Å². The van der Waals surface area contributed by atoms with Gasteiger partial charge in [0.05, 0.1) is 6.54 Å². The summed E-state index contributed by atoms with van der Waals surface area (Å²) in [6, 6.07) is 9.89. The molecule has 0 bridgehead atoms. The van der Waals surface area contributed by atoms with E-state index < -0.39 is 0 Å². The molecule has 0 unspecified atom stereocenters. The summed E-state index contributed by atoms with van der Waals surface area (Å²) in [5.41, 5.74) is 2.34. The molecule has 1 aromatic heterocycles. The molecule has 0 atom stereocenters. The first-order valence-electron chi connectivity index (χ1n) is 8.89. The van der Waals surface area contributed by atoms with Gasteiger partial charge in [-0.15, -0.1) is 24.0 Å². The number of aliphatic imine (C=N–C) groups is 1. The lowest BCUT2D eigenvalue weighted by atomic mass is 10.2. The molecule has 2 heterocycles. The molecule has 1 aromatic carbocycles. The number of carbonyl (C=O) groups is 1. The fourth-order valence-corrected chi connectivity index (χ4v) is 3.73. The Bertz CT molecular complexity index is 761. The zero-order valence-corrected chi connectivity index (χ0v) is 19.6. The van der Waals surface area contributed by atoms with E-state index in [4.69, 9.17) is 11.6 Å². The summed E-state index contributed by atoms with van der Waals surface area (Å²) in [5.74, 6) is 0.721. The highest BCUT2D eigenvalue weighted by Gasteiger charge is 2.21. The summed E-state index contributed by atoms with van der Waals surface area (Å²) in [6.07, 6.45) is 0. The monoisotopic (exact) mass is 533 g/mol. The number of thiophene rings is 1. The van der Waals surface area contributed by atoms with Gasteiger partial charge in [0, 0.05) is 50.5 Å². The summed E-state index contributed by atoms with van der Waals surface area (Å²) in [4.78, 5) is 20.8. The zero-order chi connectivity index (χ0) is 19.1. The second-order valence-corrected chi connectivity index (χ2v) is 7.47. The number of nitrogens with one attached hydrogen (secondary N) is 2. The van der Waals surface area contributed by atoms with E-state index in [0.717, 1.165) is 23.8 Å². The Balaban J connectivity index is 0.00000280. The maximum absolute atomic E-state index is 12.5. The average Bonchev–Trinajstić information content (AvgIpc) is 3.22. The van der Waals surface area contributed by atoms with Gasteiger partial charge in [-0.3, -0.25) is 9.79 Å². The molecule has 2 aromatic rings. The smallest absolute Gasteiger partial charge is 0.242 e. The van der Waals surface area contributed by atoms with Gasteiger partial charge >= 0.3 is 0 Å². The van der Waals surface area contributed by atoms with Crippen molar-refractivity contribution in [2.45, 2.75) is 6.54 Å². The molecule has 0 spiro atoms. The zero-order valence-electron chi connectivity index (χ0n) is 15.7. The fraction of sp³-hybridized carbons (Fsp3) is 0.368. The van der Waals surface area contributed by atoms with Crippen molar-refractivity contribution in [3.8, 4) is 0 Å². The van der Waals surface area contributed by atoms with E-state index in [9.17, 15) is 4.79 Å². The van der Waals surface area contributed by atoms with Crippen LogP contribution in [-0.4, -0.2) is 56.5 Å². The molecule has 3 rings (SSSR count). The minimum absolute atomic E-state index is 0. The van der Waals surface area contributed by atoms with E-state index >= 15 is 0 Å². The van der Waals surface area contributed by atoms with Crippen LogP contribution in [0.25, 0.3) is 0 Å². The maximum Gasteiger partial charge on any atom is 0.242 e. The molecule has 28 heavy (non-hydrogen) atoms. The number of halogens is 2. The highest BCUT2D eigenvalue weighted by atomic mass is 127. The molecule has 6 nitrogen and oxygen atoms in total. The molecular weight excluding hydrogens is 509 g/mol. The fourth-order valence-electron chi connectivity index (χ4n) is 2.94. The predicted molar refractivity (Wildman–Crippen MR) is 128 cm³/mol. The van der Waals surface area contributed by atoms with E-state index in [1.54, 1.807) is 18.4 Å². The van der Waals surface area contributed by atoms with E-state index in [1.807, 2.05) is 34.5 Å². The quantitative estimate of drug-likeness (QED) is 0.352. The van der Waals surface area contributed by atoms with Crippen molar-refractivity contribution < 1.29 is 4.79 Å². The van der Waals surface area contributed by atoms with E-state index in [2.05, 4.69) is 32.0 Å². The van der Waals surface area contributed by atoms with Crippen LogP contribution >= 0.6 is 46.9 Å². The van der Waals surface area contributed by atoms with Crippen LogP contribution in [0, 0.1) is 0 Å². The Morgan fingerprint density at radius 3 is 2.46 bits per heavy atom. The lowest BCUT2D eigenvalue weighted by Crippen LogP contribution is -2.52. The Morgan fingerprint density at radius 1 is 1.14 bits per heavy atom. The van der Waals surface area contributed by atoms with Crippen molar-refractivity contribution in [3.63, 3.8) is 0 Å². The number of guanidine groups is 1. The van der Waals surface area contributed by atoms with Crippen LogP contribution in [0.3, 0.4) is 0 Å². The number of rotatable bonds is 5. The van der Waals surface area contributed by atoms with Gasteiger partial charge in [-0.05, 0) is 46.7 Å². The molecule has 1 fully saturated rings. The predicted octanol–water partition coefficient (Wildman–Crippen LogP) is 3.03. The molecule has 152 valence electrons. The van der Waals surface area contributed by atoms with Crippen molar-refractivity contribution in [1.82, 2.24) is 15.5 Å². The van der Waals surface area contributed by atoms with Crippen LogP contribution in [0.5, 0.6) is 0 Å². The second kappa shape index (κ2) is 11.5. The molecule has 0 saturated carbocycles. The third kappa shape index (κ3) is 6.52. The molecule has 1 aliphatic rings. The van der Waals surface area contributed by atoms with Crippen LogP contribution in [0.15, 0.2) is 46.1 Å². The number of carbonyl (C=O) groups excluding carboxylic acids is 1. The Hall–Kier alpha value is -1.52. The van der Waals surface area contributed by atoms with E-state index in [-0.39, 0.29) is 36.4 Å². The van der Waals surface area contributed by atoms with Gasteiger partial charge in [0.2, 0.25) is 5.91 Å². The topological polar surface area (TPSA) is 60.0 Å². The molecule has 1 aliphatic heterocycles. The van der Waals surface area contributed by atoms with Gasteiger partial charge in [0.25, 0.3) is 0 Å². The van der Waals surface area contributed by atoms with Crippen LogP contribution in [-0.2, 0) is 11.3 Å². The number of benzene rings is 1. The van der Waals surface area contributed by atoms with Crippen molar-refractivity contribution in [2.75, 3.05) is 44.7 Å². The molecule has 0 radical (unpaired) electrons. The first-order valence-corrected chi connectivity index (χ1v) is 10.2. The van der Waals surface area contributed by atoms with Gasteiger partial charge < -0.3 is 20.4 Å². The average molecular weight is 534 g/mol. The standard InChI is InChI=1S/C19H24ClN5OS.HI/c1-21-19(22-12-15-6-11-27-14-15)23-13-18(26)25-9-7-24(8-10-25)17-4-2-16(20)3-5-17;/h2-6,11,14H,7-10,12-13H2,1H3,(H2,21,22,23);1H. The normalized spacial score (nSPS) is 14.4. The van der Waals surface area contributed by atoms with Gasteiger partial charge in [-0.2, -0.15) is 11.3 Å². The molecule has 1 amide bonds. The highest BCUT2D eigenvalue weighted by Crippen LogP contribution is 2.19. The van der Waals surface area contributed by atoms with Crippen LogP contribution < -0.4 is 15.5 Å². The first kappa shape index (κ1) is 22.8. The summed E-state index contributed by atoms with van der Waals surface area (Å²) < 4.78 is 0. The highest BCUT2D eigenvalue weighted by molar-refractivity contribution is 14.0. The third-order valence-electron chi connectivity index (χ3n) is 4.49. The van der Waals surface area contributed by atoms with Crippen molar-refractivity contribution in [1.29, 1.82) is 0 Å². The van der Waals surface area contributed by atoms with Crippen molar-refractivity contribution >= 4 is 64.5 Å². The first-order chi connectivity index (χ1) is 13.2. The molecule has 1 saturated heterocycles. The number of nitrogens with zero attached hydrogens (tertiary/aromatic N) is 3. The van der Waals surface area contributed by atoms with Gasteiger partial charge in [0.15, 0.2) is 5.96 Å². The lowest BCUT2D eigenvalue weighted by molar-refractivity contribution is -0.130. The maximum atomic E-state index is 12.5. The number of piperazine rings is 1. The Morgan fingerprint density at radius 2 is 1.86 bits per heavy atom. The summed E-state index contributed by atoms with van der Waals surface area (Å²) in [5, 5.41) is 11.2. The summed E-state index contributed by atoms with van der Waals surface area (Å²) >= 11 is 7.61. The molecule has 9 heteroatoms. The minimum Gasteiger partial charge on any atom is -0.368 e. The number of anilines is 1. The Labute approximate surface area is 192 Å². The van der Waals surface area contributed by atoms with Crippen molar-refractivity contribution in [2.24, 2.45) is 4.99 Å². The van der Waals surface area contributed by atoms with Crippen LogP contribution in [0.2, 0.25) is 5.02 Å². The van der Waals surface area contributed by atoms with Crippen LogP contribution in [0.1, 0.15) is 5.56 Å². The number of hydrogen-bond donors (Lipinski definition) is 2. The number of hydrogen-bond acceptors (Lipinski definition) is 4.